The highest BCUT2D eigenvalue weighted by Gasteiger charge is 2.28. The number of aromatic nitrogens is 1. The third-order valence-corrected chi connectivity index (χ3v) is 3.65. The molecule has 0 saturated carbocycles. The Hall–Kier alpha value is -2.04. The molecule has 1 saturated heterocycles. The summed E-state index contributed by atoms with van der Waals surface area (Å²) >= 11 is 0. The molecule has 2 aromatic rings. The summed E-state index contributed by atoms with van der Waals surface area (Å²) in [4.78, 5) is 14.3. The Balaban J connectivity index is 1.77. The lowest BCUT2D eigenvalue weighted by Crippen LogP contribution is -2.42. The molecule has 2 atom stereocenters. The van der Waals surface area contributed by atoms with Crippen LogP contribution in [0.15, 0.2) is 33.4 Å². The molecule has 106 valence electrons. The van der Waals surface area contributed by atoms with Gasteiger partial charge in [0.25, 0.3) is 5.91 Å². The summed E-state index contributed by atoms with van der Waals surface area (Å²) in [5, 5.41) is 3.87. The summed E-state index contributed by atoms with van der Waals surface area (Å²) in [5.74, 6) is 2.05. The van der Waals surface area contributed by atoms with Gasteiger partial charge in [0.15, 0.2) is 11.5 Å². The summed E-state index contributed by atoms with van der Waals surface area (Å²) in [6, 6.07) is 5.19. The fraction of sp³-hybridized carbons (Fsp3) is 0.467. The van der Waals surface area contributed by atoms with Crippen molar-refractivity contribution in [2.75, 3.05) is 13.1 Å². The second-order valence-electron chi connectivity index (χ2n) is 5.71. The SMILES string of the molecule is CC1CC(C)CN(C(=O)c2cc(-c3ccco3)on2)C1. The Morgan fingerprint density at radius 3 is 2.70 bits per heavy atom. The number of furan rings is 1. The van der Waals surface area contributed by atoms with E-state index in [0.717, 1.165) is 13.1 Å². The smallest absolute Gasteiger partial charge is 0.276 e. The molecule has 3 heterocycles. The molecule has 0 spiro atoms. The average Bonchev–Trinajstić information content (AvgIpc) is 3.07. The first-order chi connectivity index (χ1) is 9.63. The number of nitrogens with zero attached hydrogens (tertiary/aromatic N) is 2. The zero-order chi connectivity index (χ0) is 14.1. The fourth-order valence-corrected chi connectivity index (χ4v) is 2.90. The van der Waals surface area contributed by atoms with E-state index in [9.17, 15) is 4.79 Å². The van der Waals surface area contributed by atoms with Gasteiger partial charge in [-0.3, -0.25) is 4.79 Å². The third-order valence-electron chi connectivity index (χ3n) is 3.65. The predicted octanol–water partition coefficient (Wildman–Crippen LogP) is 3.05. The Labute approximate surface area is 117 Å². The average molecular weight is 274 g/mol. The second-order valence-corrected chi connectivity index (χ2v) is 5.71. The number of rotatable bonds is 2. The summed E-state index contributed by atoms with van der Waals surface area (Å²) in [6.07, 6.45) is 2.73. The maximum atomic E-state index is 12.4. The molecule has 3 rings (SSSR count). The van der Waals surface area contributed by atoms with Gasteiger partial charge >= 0.3 is 0 Å². The molecule has 1 amide bonds. The lowest BCUT2D eigenvalue weighted by atomic mass is 9.92. The first kappa shape index (κ1) is 13.0. The molecule has 5 heteroatoms. The van der Waals surface area contributed by atoms with Gasteiger partial charge in [-0.25, -0.2) is 0 Å². The van der Waals surface area contributed by atoms with Gasteiger partial charge in [0.05, 0.1) is 6.26 Å². The van der Waals surface area contributed by atoms with Gasteiger partial charge < -0.3 is 13.8 Å². The van der Waals surface area contributed by atoms with Gasteiger partial charge in [0, 0.05) is 19.2 Å². The van der Waals surface area contributed by atoms with Crippen molar-refractivity contribution in [1.29, 1.82) is 0 Å². The molecule has 0 aromatic carbocycles. The fourth-order valence-electron chi connectivity index (χ4n) is 2.90. The van der Waals surface area contributed by atoms with Gasteiger partial charge in [-0.15, -0.1) is 0 Å². The first-order valence-corrected chi connectivity index (χ1v) is 6.93. The van der Waals surface area contributed by atoms with E-state index >= 15 is 0 Å². The molecule has 1 fully saturated rings. The van der Waals surface area contributed by atoms with Crippen LogP contribution in [0.3, 0.4) is 0 Å². The van der Waals surface area contributed by atoms with Crippen molar-refractivity contribution in [1.82, 2.24) is 10.1 Å². The van der Waals surface area contributed by atoms with Crippen molar-refractivity contribution in [3.8, 4) is 11.5 Å². The van der Waals surface area contributed by atoms with Gasteiger partial charge in [-0.2, -0.15) is 0 Å². The molecule has 0 N–H and O–H groups in total. The molecule has 1 aliphatic heterocycles. The summed E-state index contributed by atoms with van der Waals surface area (Å²) in [7, 11) is 0. The highest BCUT2D eigenvalue weighted by molar-refractivity contribution is 5.93. The number of carbonyl (C=O) groups excluding carboxylic acids is 1. The molecule has 20 heavy (non-hydrogen) atoms. The van der Waals surface area contributed by atoms with Crippen molar-refractivity contribution in [2.24, 2.45) is 11.8 Å². The van der Waals surface area contributed by atoms with Crippen LogP contribution in [0.1, 0.15) is 30.8 Å². The van der Waals surface area contributed by atoms with E-state index in [1.807, 2.05) is 4.90 Å². The monoisotopic (exact) mass is 274 g/mol. The Kier molecular flexibility index (Phi) is 3.34. The van der Waals surface area contributed by atoms with Crippen LogP contribution >= 0.6 is 0 Å². The molecule has 0 bridgehead atoms. The summed E-state index contributed by atoms with van der Waals surface area (Å²) in [6.45, 7) is 5.91. The highest BCUT2D eigenvalue weighted by atomic mass is 16.5. The van der Waals surface area contributed by atoms with Crippen molar-refractivity contribution in [2.45, 2.75) is 20.3 Å². The standard InChI is InChI=1S/C15H18N2O3/c1-10-6-11(2)9-17(8-10)15(18)12-7-14(20-16-12)13-4-3-5-19-13/h3-5,7,10-11H,6,8-9H2,1-2H3. The van der Waals surface area contributed by atoms with Crippen LogP contribution in [0.2, 0.25) is 0 Å². The maximum absolute atomic E-state index is 12.4. The predicted molar refractivity (Wildman–Crippen MR) is 73.1 cm³/mol. The van der Waals surface area contributed by atoms with Crippen molar-refractivity contribution in [3.63, 3.8) is 0 Å². The number of amides is 1. The second kappa shape index (κ2) is 5.15. The van der Waals surface area contributed by atoms with Crippen LogP contribution in [0.25, 0.3) is 11.5 Å². The van der Waals surface area contributed by atoms with Crippen molar-refractivity contribution < 1.29 is 13.7 Å². The Bertz CT molecular complexity index is 578. The lowest BCUT2D eigenvalue weighted by Gasteiger charge is -2.34. The third kappa shape index (κ3) is 2.48. The van der Waals surface area contributed by atoms with Gasteiger partial charge in [0.1, 0.15) is 0 Å². The van der Waals surface area contributed by atoms with Crippen LogP contribution in [-0.4, -0.2) is 29.1 Å². The van der Waals surface area contributed by atoms with Crippen LogP contribution in [0, 0.1) is 11.8 Å². The van der Waals surface area contributed by atoms with E-state index in [0.29, 0.717) is 29.1 Å². The first-order valence-electron chi connectivity index (χ1n) is 6.93. The number of likely N-dealkylation sites (tertiary alicyclic amines) is 1. The largest absolute Gasteiger partial charge is 0.461 e. The van der Waals surface area contributed by atoms with Crippen molar-refractivity contribution in [3.05, 3.63) is 30.2 Å². The minimum Gasteiger partial charge on any atom is -0.461 e. The van der Waals surface area contributed by atoms with E-state index in [2.05, 4.69) is 19.0 Å². The van der Waals surface area contributed by atoms with Crippen LogP contribution in [-0.2, 0) is 0 Å². The molecular weight excluding hydrogens is 256 g/mol. The van der Waals surface area contributed by atoms with E-state index in [1.54, 1.807) is 24.5 Å². The Morgan fingerprint density at radius 2 is 2.05 bits per heavy atom. The summed E-state index contributed by atoms with van der Waals surface area (Å²) < 4.78 is 10.4. The molecule has 0 radical (unpaired) electrons. The van der Waals surface area contributed by atoms with E-state index in [4.69, 9.17) is 8.94 Å². The number of hydrogen-bond donors (Lipinski definition) is 0. The minimum atomic E-state index is -0.0649. The lowest BCUT2D eigenvalue weighted by molar-refractivity contribution is 0.0613. The molecule has 1 aliphatic rings. The molecule has 5 nitrogen and oxygen atoms in total. The zero-order valence-electron chi connectivity index (χ0n) is 11.7. The molecular formula is C15H18N2O3. The van der Waals surface area contributed by atoms with E-state index in [-0.39, 0.29) is 5.91 Å². The normalized spacial score (nSPS) is 23.0. The minimum absolute atomic E-state index is 0.0649. The van der Waals surface area contributed by atoms with Gasteiger partial charge in [-0.05, 0) is 30.4 Å². The quantitative estimate of drug-likeness (QED) is 0.844. The topological polar surface area (TPSA) is 59.5 Å². The number of piperidine rings is 1. The van der Waals surface area contributed by atoms with Crippen LogP contribution < -0.4 is 0 Å². The number of hydrogen-bond acceptors (Lipinski definition) is 4. The van der Waals surface area contributed by atoms with Crippen LogP contribution in [0.4, 0.5) is 0 Å². The van der Waals surface area contributed by atoms with Gasteiger partial charge in [0.2, 0.25) is 5.76 Å². The molecule has 2 aromatic heterocycles. The summed E-state index contributed by atoms with van der Waals surface area (Å²) in [5.41, 5.74) is 0.345. The van der Waals surface area contributed by atoms with E-state index in [1.165, 1.54) is 6.42 Å². The van der Waals surface area contributed by atoms with Crippen molar-refractivity contribution >= 4 is 5.91 Å². The van der Waals surface area contributed by atoms with Crippen LogP contribution in [0.5, 0.6) is 0 Å². The molecule has 0 aliphatic carbocycles. The highest BCUT2D eigenvalue weighted by Crippen LogP contribution is 2.24. The van der Waals surface area contributed by atoms with Gasteiger partial charge in [-0.1, -0.05) is 19.0 Å². The Morgan fingerprint density at radius 1 is 1.30 bits per heavy atom. The zero-order valence-corrected chi connectivity index (χ0v) is 11.7. The number of carbonyl (C=O) groups is 1. The maximum Gasteiger partial charge on any atom is 0.276 e. The van der Waals surface area contributed by atoms with E-state index < -0.39 is 0 Å². The molecule has 2 unspecified atom stereocenters.